The van der Waals surface area contributed by atoms with Crippen LogP contribution in [0.4, 0.5) is 11.4 Å². The summed E-state index contributed by atoms with van der Waals surface area (Å²) in [6.45, 7) is 0. The molecule has 1 aliphatic rings. The normalized spacial score (nSPS) is 15.4. The van der Waals surface area contributed by atoms with E-state index in [1.807, 2.05) is 11.9 Å². The first-order chi connectivity index (χ1) is 9.00. The Kier molecular flexibility index (Phi) is 3.69. The van der Waals surface area contributed by atoms with Crippen LogP contribution in [0.1, 0.15) is 36.0 Å². The van der Waals surface area contributed by atoms with E-state index >= 15 is 0 Å². The van der Waals surface area contributed by atoms with Crippen molar-refractivity contribution in [1.29, 1.82) is 0 Å². The summed E-state index contributed by atoms with van der Waals surface area (Å²) < 4.78 is 0. The average molecular weight is 264 g/mol. The van der Waals surface area contributed by atoms with Crippen LogP contribution < -0.4 is 4.90 Å². The van der Waals surface area contributed by atoms with Crippen LogP contribution in [-0.4, -0.2) is 29.1 Å². The third-order valence-electron chi connectivity index (χ3n) is 3.67. The molecule has 6 nitrogen and oxygen atoms in total. The van der Waals surface area contributed by atoms with Crippen molar-refractivity contribution in [3.8, 4) is 0 Å². The fourth-order valence-corrected chi connectivity index (χ4v) is 2.59. The second-order valence-electron chi connectivity index (χ2n) is 4.81. The first-order valence-corrected chi connectivity index (χ1v) is 6.25. The summed E-state index contributed by atoms with van der Waals surface area (Å²) in [5.41, 5.74) is 0.457. The van der Waals surface area contributed by atoms with E-state index in [-0.39, 0.29) is 17.3 Å². The molecule has 1 aromatic rings. The number of aromatic carboxylic acids is 1. The van der Waals surface area contributed by atoms with Crippen LogP contribution in [-0.2, 0) is 0 Å². The number of nitrogens with zero attached hydrogens (tertiary/aromatic N) is 2. The summed E-state index contributed by atoms with van der Waals surface area (Å²) in [4.78, 5) is 23.4. The lowest BCUT2D eigenvalue weighted by Crippen LogP contribution is -2.30. The molecule has 0 radical (unpaired) electrons. The highest BCUT2D eigenvalue weighted by atomic mass is 16.6. The number of hydrogen-bond acceptors (Lipinski definition) is 4. The Balaban J connectivity index is 2.41. The first-order valence-electron chi connectivity index (χ1n) is 6.25. The average Bonchev–Trinajstić information content (AvgIpc) is 2.90. The van der Waals surface area contributed by atoms with E-state index in [9.17, 15) is 20.0 Å². The maximum Gasteiger partial charge on any atom is 0.337 e. The largest absolute Gasteiger partial charge is 0.478 e. The molecule has 1 fully saturated rings. The zero-order valence-corrected chi connectivity index (χ0v) is 10.7. The van der Waals surface area contributed by atoms with Gasteiger partial charge in [-0.05, 0) is 18.9 Å². The van der Waals surface area contributed by atoms with E-state index < -0.39 is 10.9 Å². The minimum atomic E-state index is -1.06. The van der Waals surface area contributed by atoms with Crippen molar-refractivity contribution in [2.24, 2.45) is 0 Å². The smallest absolute Gasteiger partial charge is 0.337 e. The lowest BCUT2D eigenvalue weighted by atomic mass is 10.1. The van der Waals surface area contributed by atoms with Gasteiger partial charge in [0.15, 0.2) is 0 Å². The topological polar surface area (TPSA) is 83.7 Å². The van der Waals surface area contributed by atoms with Gasteiger partial charge in [-0.15, -0.1) is 0 Å². The predicted molar refractivity (Wildman–Crippen MR) is 70.7 cm³/mol. The van der Waals surface area contributed by atoms with Crippen molar-refractivity contribution in [2.75, 3.05) is 11.9 Å². The number of rotatable bonds is 4. The van der Waals surface area contributed by atoms with Crippen LogP contribution in [0, 0.1) is 10.1 Å². The van der Waals surface area contributed by atoms with E-state index in [0.717, 1.165) is 25.7 Å². The molecule has 0 amide bonds. The Bertz CT molecular complexity index is 509. The summed E-state index contributed by atoms with van der Waals surface area (Å²) in [6.07, 6.45) is 4.23. The predicted octanol–water partition coefficient (Wildman–Crippen LogP) is 2.67. The molecule has 6 heteroatoms. The number of nitro groups is 1. The van der Waals surface area contributed by atoms with Crippen molar-refractivity contribution in [3.05, 3.63) is 33.9 Å². The molecular formula is C13H16N2O4. The highest BCUT2D eigenvalue weighted by molar-refractivity contribution is 5.95. The van der Waals surface area contributed by atoms with Crippen LogP contribution in [0.2, 0.25) is 0 Å². The fraction of sp³-hybridized carbons (Fsp3) is 0.462. The standard InChI is InChI=1S/C13H16N2O4/c1-14(9-4-2-3-5-9)12-8-10(15(18)19)6-7-11(12)13(16)17/h6-9H,2-5H2,1H3,(H,16,17). The third-order valence-corrected chi connectivity index (χ3v) is 3.67. The zero-order chi connectivity index (χ0) is 14.0. The summed E-state index contributed by atoms with van der Waals surface area (Å²) in [7, 11) is 1.81. The van der Waals surface area contributed by atoms with Gasteiger partial charge < -0.3 is 10.0 Å². The number of carbonyl (C=O) groups is 1. The van der Waals surface area contributed by atoms with Crippen LogP contribution in [0.15, 0.2) is 18.2 Å². The van der Waals surface area contributed by atoms with Gasteiger partial charge in [0, 0.05) is 25.2 Å². The van der Waals surface area contributed by atoms with Crippen LogP contribution >= 0.6 is 0 Å². The molecule has 0 aliphatic heterocycles. The number of benzene rings is 1. The lowest BCUT2D eigenvalue weighted by molar-refractivity contribution is -0.384. The number of carboxylic acid groups (broad SMARTS) is 1. The van der Waals surface area contributed by atoms with Gasteiger partial charge in [0.25, 0.3) is 5.69 Å². The summed E-state index contributed by atoms with van der Waals surface area (Å²) in [5, 5.41) is 20.0. The fourth-order valence-electron chi connectivity index (χ4n) is 2.59. The molecule has 0 unspecified atom stereocenters. The molecule has 19 heavy (non-hydrogen) atoms. The van der Waals surface area contributed by atoms with Gasteiger partial charge in [0.1, 0.15) is 0 Å². The highest BCUT2D eigenvalue weighted by Gasteiger charge is 2.25. The molecule has 0 heterocycles. The van der Waals surface area contributed by atoms with Crippen molar-refractivity contribution in [2.45, 2.75) is 31.7 Å². The van der Waals surface area contributed by atoms with E-state index in [0.29, 0.717) is 5.69 Å². The van der Waals surface area contributed by atoms with Crippen molar-refractivity contribution < 1.29 is 14.8 Å². The molecule has 1 aromatic carbocycles. The van der Waals surface area contributed by atoms with Gasteiger partial charge >= 0.3 is 5.97 Å². The lowest BCUT2D eigenvalue weighted by Gasteiger charge is -2.27. The Morgan fingerprint density at radius 3 is 2.58 bits per heavy atom. The zero-order valence-electron chi connectivity index (χ0n) is 10.7. The van der Waals surface area contributed by atoms with E-state index in [4.69, 9.17) is 0 Å². The molecular weight excluding hydrogens is 248 g/mol. The van der Waals surface area contributed by atoms with Gasteiger partial charge in [-0.25, -0.2) is 4.79 Å². The summed E-state index contributed by atoms with van der Waals surface area (Å²) in [6, 6.07) is 4.15. The highest BCUT2D eigenvalue weighted by Crippen LogP contribution is 2.31. The van der Waals surface area contributed by atoms with Crippen molar-refractivity contribution >= 4 is 17.3 Å². The second kappa shape index (κ2) is 5.26. The van der Waals surface area contributed by atoms with Crippen LogP contribution in [0.5, 0.6) is 0 Å². The summed E-state index contributed by atoms with van der Waals surface area (Å²) in [5.74, 6) is -1.06. The van der Waals surface area contributed by atoms with E-state index in [1.54, 1.807) is 0 Å². The number of non-ortho nitro benzene ring substituents is 1. The van der Waals surface area contributed by atoms with Crippen LogP contribution in [0.3, 0.4) is 0 Å². The molecule has 0 aromatic heterocycles. The Labute approximate surface area is 110 Å². The van der Waals surface area contributed by atoms with Gasteiger partial charge in [-0.3, -0.25) is 10.1 Å². The SMILES string of the molecule is CN(c1cc([N+](=O)[O-])ccc1C(=O)O)C1CCCC1. The minimum Gasteiger partial charge on any atom is -0.478 e. The van der Waals surface area contributed by atoms with E-state index in [2.05, 4.69) is 0 Å². The summed E-state index contributed by atoms with van der Waals surface area (Å²) >= 11 is 0. The molecule has 1 saturated carbocycles. The van der Waals surface area contributed by atoms with Gasteiger partial charge in [-0.2, -0.15) is 0 Å². The van der Waals surface area contributed by atoms with Gasteiger partial charge in [0.2, 0.25) is 0 Å². The van der Waals surface area contributed by atoms with E-state index in [1.165, 1.54) is 18.2 Å². The molecule has 0 saturated heterocycles. The van der Waals surface area contributed by atoms with Crippen molar-refractivity contribution in [3.63, 3.8) is 0 Å². The Morgan fingerprint density at radius 2 is 2.05 bits per heavy atom. The molecule has 1 aliphatic carbocycles. The second-order valence-corrected chi connectivity index (χ2v) is 4.81. The molecule has 0 atom stereocenters. The Hall–Kier alpha value is -2.11. The third kappa shape index (κ3) is 2.67. The number of anilines is 1. The monoisotopic (exact) mass is 264 g/mol. The molecule has 2 rings (SSSR count). The Morgan fingerprint density at radius 1 is 1.42 bits per heavy atom. The molecule has 102 valence electrons. The first kappa shape index (κ1) is 13.3. The minimum absolute atomic E-state index is 0.0788. The molecule has 0 spiro atoms. The van der Waals surface area contributed by atoms with Crippen molar-refractivity contribution in [1.82, 2.24) is 0 Å². The number of hydrogen-bond donors (Lipinski definition) is 1. The molecule has 0 bridgehead atoms. The van der Waals surface area contributed by atoms with Crippen LogP contribution in [0.25, 0.3) is 0 Å². The van der Waals surface area contributed by atoms with Gasteiger partial charge in [0.05, 0.1) is 16.2 Å². The molecule has 1 N–H and O–H groups in total. The van der Waals surface area contributed by atoms with Gasteiger partial charge in [-0.1, -0.05) is 12.8 Å². The number of carboxylic acids is 1. The maximum absolute atomic E-state index is 11.2. The number of nitro benzene ring substituents is 1. The maximum atomic E-state index is 11.2. The quantitative estimate of drug-likeness (QED) is 0.667.